The van der Waals surface area contributed by atoms with Gasteiger partial charge in [-0.05, 0) is 26.3 Å². The molecular weight excluding hydrogens is 492 g/mol. The van der Waals surface area contributed by atoms with Crippen LogP contribution in [0, 0.1) is 10.8 Å². The molecule has 7 rings (SSSR count). The van der Waals surface area contributed by atoms with Crippen LogP contribution in [0.15, 0.2) is 47.6 Å². The van der Waals surface area contributed by atoms with Crippen molar-refractivity contribution < 1.29 is 42.7 Å². The maximum absolute atomic E-state index is 13.1. The molecule has 5 aliphatic heterocycles. The summed E-state index contributed by atoms with van der Waals surface area (Å²) in [6.45, 7) is 8.50. The van der Waals surface area contributed by atoms with Gasteiger partial charge in [-0.3, -0.25) is 0 Å². The molecule has 0 amide bonds. The van der Waals surface area contributed by atoms with Crippen molar-refractivity contribution in [2.24, 2.45) is 10.8 Å². The fourth-order valence-electron chi connectivity index (χ4n) is 7.73. The van der Waals surface area contributed by atoms with Gasteiger partial charge in [-0.15, -0.1) is 0 Å². The molecule has 0 N–H and O–H groups in total. The second kappa shape index (κ2) is 8.35. The number of ether oxygens (including phenoxy) is 7. The van der Waals surface area contributed by atoms with Crippen molar-refractivity contribution in [3.63, 3.8) is 0 Å². The Bertz CT molecular complexity index is 1180. The van der Waals surface area contributed by atoms with E-state index in [1.54, 1.807) is 12.2 Å². The second-order valence-electron chi connectivity index (χ2n) is 11.9. The molecule has 9 nitrogen and oxygen atoms in total. The van der Waals surface area contributed by atoms with E-state index in [0.29, 0.717) is 19.4 Å². The van der Waals surface area contributed by atoms with Crippen LogP contribution in [0.5, 0.6) is 0 Å². The van der Waals surface area contributed by atoms with Gasteiger partial charge in [0.25, 0.3) is 0 Å². The van der Waals surface area contributed by atoms with Crippen LogP contribution in [0.25, 0.3) is 0 Å². The number of carbonyl (C=O) groups is 2. The van der Waals surface area contributed by atoms with Gasteiger partial charge in [-0.1, -0.05) is 36.8 Å². The molecule has 7 aliphatic rings. The highest BCUT2D eigenvalue weighted by molar-refractivity contribution is 5.83. The van der Waals surface area contributed by atoms with Crippen molar-refractivity contribution >= 4 is 11.9 Å². The molecule has 38 heavy (non-hydrogen) atoms. The topological polar surface area (TPSA) is 105 Å². The van der Waals surface area contributed by atoms with Crippen LogP contribution >= 0.6 is 0 Å². The number of hydrogen-bond acceptors (Lipinski definition) is 9. The molecule has 0 aromatic heterocycles. The van der Waals surface area contributed by atoms with Crippen LogP contribution in [-0.4, -0.2) is 79.8 Å². The fraction of sp³-hybridized carbons (Fsp3) is 0.655. The van der Waals surface area contributed by atoms with Gasteiger partial charge in [0.1, 0.15) is 36.6 Å². The van der Waals surface area contributed by atoms with Crippen LogP contribution in [-0.2, 0) is 42.7 Å². The largest absolute Gasteiger partial charge is 0.462 e. The highest BCUT2D eigenvalue weighted by Crippen LogP contribution is 2.74. The third-order valence-corrected chi connectivity index (χ3v) is 9.92. The summed E-state index contributed by atoms with van der Waals surface area (Å²) in [6, 6.07) is 0. The van der Waals surface area contributed by atoms with Crippen molar-refractivity contribution in [3.8, 4) is 0 Å². The summed E-state index contributed by atoms with van der Waals surface area (Å²) in [4.78, 5) is 26.1. The Morgan fingerprint density at radius 2 is 1.79 bits per heavy atom. The van der Waals surface area contributed by atoms with E-state index in [1.165, 1.54) is 12.2 Å². The van der Waals surface area contributed by atoms with Gasteiger partial charge in [-0.25, -0.2) is 9.59 Å². The number of rotatable bonds is 0. The smallest absolute Gasteiger partial charge is 0.331 e. The van der Waals surface area contributed by atoms with E-state index in [4.69, 9.17) is 33.2 Å². The average Bonchev–Trinajstić information content (AvgIpc) is 3.76. The van der Waals surface area contributed by atoms with E-state index < -0.39 is 40.8 Å². The third kappa shape index (κ3) is 3.35. The van der Waals surface area contributed by atoms with Crippen LogP contribution in [0.4, 0.5) is 0 Å². The van der Waals surface area contributed by atoms with Crippen molar-refractivity contribution in [1.29, 1.82) is 0 Å². The number of allylic oxidation sites excluding steroid dienone is 2. The summed E-state index contributed by atoms with van der Waals surface area (Å²) >= 11 is 0. The number of esters is 2. The summed E-state index contributed by atoms with van der Waals surface area (Å²) in [7, 11) is 0. The summed E-state index contributed by atoms with van der Waals surface area (Å²) in [5.41, 5.74) is -0.179. The van der Waals surface area contributed by atoms with E-state index in [0.717, 1.165) is 11.1 Å². The van der Waals surface area contributed by atoms with Gasteiger partial charge in [0.05, 0.1) is 35.7 Å². The molecule has 3 unspecified atom stereocenters. The van der Waals surface area contributed by atoms with Crippen LogP contribution in [0.2, 0.25) is 0 Å². The number of epoxide rings is 2. The Morgan fingerprint density at radius 3 is 2.58 bits per heavy atom. The van der Waals surface area contributed by atoms with E-state index in [9.17, 15) is 9.59 Å². The molecule has 0 aromatic rings. The lowest BCUT2D eigenvalue weighted by Gasteiger charge is -2.57. The predicted octanol–water partition coefficient (Wildman–Crippen LogP) is 2.69. The van der Waals surface area contributed by atoms with Gasteiger partial charge in [-0.2, -0.15) is 0 Å². The minimum atomic E-state index is -0.779. The van der Waals surface area contributed by atoms with Crippen molar-refractivity contribution in [1.82, 2.24) is 0 Å². The van der Waals surface area contributed by atoms with E-state index >= 15 is 0 Å². The zero-order valence-electron chi connectivity index (χ0n) is 22.1. The molecule has 4 bridgehead atoms. The third-order valence-electron chi connectivity index (χ3n) is 9.92. The molecule has 0 aromatic carbocycles. The van der Waals surface area contributed by atoms with Gasteiger partial charge in [0.2, 0.25) is 0 Å². The Hall–Kier alpha value is -2.30. The summed E-state index contributed by atoms with van der Waals surface area (Å²) < 4.78 is 43.1. The first-order valence-corrected chi connectivity index (χ1v) is 13.5. The van der Waals surface area contributed by atoms with Gasteiger partial charge < -0.3 is 33.2 Å². The Balaban J connectivity index is 1.28. The highest BCUT2D eigenvalue weighted by atomic mass is 16.7. The first-order valence-electron chi connectivity index (χ1n) is 13.5. The van der Waals surface area contributed by atoms with E-state index in [2.05, 4.69) is 13.0 Å². The molecule has 0 radical (unpaired) electrons. The number of cyclic esters (lactones) is 1. The van der Waals surface area contributed by atoms with Gasteiger partial charge in [0.15, 0.2) is 6.29 Å². The highest BCUT2D eigenvalue weighted by Gasteiger charge is 2.87. The van der Waals surface area contributed by atoms with Crippen molar-refractivity contribution in [2.45, 2.75) is 95.2 Å². The van der Waals surface area contributed by atoms with Crippen molar-refractivity contribution in [3.05, 3.63) is 47.6 Å². The molecular formula is C29H34O9. The fourth-order valence-corrected chi connectivity index (χ4v) is 7.73. The SMILES string of the molecule is CC1=C[C@H]2O[C@@H]3C[C@H]4OC(=O)/C=C\C=C\C5OC(C/C(C)=C/C(=O)OC[C@@]2([C@H]2O[C@@H]12)[C@]4(C)[C@]31CO1)OC5C. The predicted molar refractivity (Wildman–Crippen MR) is 132 cm³/mol. The lowest BCUT2D eigenvalue weighted by Crippen LogP contribution is -2.69. The zero-order chi connectivity index (χ0) is 26.4. The maximum atomic E-state index is 13.1. The molecule has 4 saturated heterocycles. The first kappa shape index (κ1) is 24.7. The maximum Gasteiger partial charge on any atom is 0.331 e. The Labute approximate surface area is 221 Å². The lowest BCUT2D eigenvalue weighted by molar-refractivity contribution is -0.235. The number of fused-ring (bicyclic) bond motifs is 3. The molecule has 204 valence electrons. The second-order valence-corrected chi connectivity index (χ2v) is 11.9. The molecule has 2 aliphatic carbocycles. The van der Waals surface area contributed by atoms with Crippen LogP contribution in [0.3, 0.4) is 0 Å². The monoisotopic (exact) mass is 526 g/mol. The van der Waals surface area contributed by atoms with Crippen LogP contribution < -0.4 is 0 Å². The average molecular weight is 527 g/mol. The van der Waals surface area contributed by atoms with Crippen molar-refractivity contribution in [2.75, 3.05) is 13.2 Å². The number of hydrogen-bond donors (Lipinski definition) is 0. The summed E-state index contributed by atoms with van der Waals surface area (Å²) in [6.07, 6.45) is 8.96. The standard InChI is InChI=1S/C29H34O9/c1-15-9-23(31)32-13-28-20(11-16(2)25-26(28)38-25)36-21-12-19(27(28,4)29(21)14-33-29)37-22(30)8-6-5-7-18-17(3)34-24(10-15)35-18/h5-9,11,17-21,24-26H,10,12-14H2,1-4H3/b7-5+,8-6-,15-9+/t17?,18?,19-,20-,21-,24?,25+,26+,27-,28-,29+/m1/s1. The number of carbonyl (C=O) groups excluding carboxylic acids is 2. The van der Waals surface area contributed by atoms with Gasteiger partial charge >= 0.3 is 11.9 Å². The Kier molecular flexibility index (Phi) is 5.43. The molecule has 5 fully saturated rings. The van der Waals surface area contributed by atoms with E-state index in [-0.39, 0.29) is 43.2 Å². The lowest BCUT2D eigenvalue weighted by atomic mass is 9.51. The molecule has 5 heterocycles. The molecule has 1 saturated carbocycles. The zero-order valence-corrected chi connectivity index (χ0v) is 22.1. The normalized spacial score (nSPS) is 54.2. The molecule has 9 heteroatoms. The summed E-state index contributed by atoms with van der Waals surface area (Å²) in [5, 5.41) is 0. The minimum absolute atomic E-state index is 0.0573. The van der Waals surface area contributed by atoms with Crippen LogP contribution in [0.1, 0.15) is 40.5 Å². The van der Waals surface area contributed by atoms with E-state index in [1.807, 2.05) is 26.8 Å². The first-order chi connectivity index (χ1) is 18.2. The molecule has 11 atom stereocenters. The minimum Gasteiger partial charge on any atom is -0.462 e. The Morgan fingerprint density at radius 1 is 0.974 bits per heavy atom. The molecule has 2 spiro atoms. The summed E-state index contributed by atoms with van der Waals surface area (Å²) in [5.74, 6) is -0.897. The van der Waals surface area contributed by atoms with Gasteiger partial charge in [0, 0.05) is 25.0 Å². The quantitative estimate of drug-likeness (QED) is 0.268.